The van der Waals surface area contributed by atoms with Crippen LogP contribution >= 0.6 is 0 Å². The number of aliphatic hydroxyl groups excluding tert-OH is 1. The minimum absolute atomic E-state index is 0.0776. The highest BCUT2D eigenvalue weighted by Crippen LogP contribution is 2.11. The summed E-state index contributed by atoms with van der Waals surface area (Å²) in [6.07, 6.45) is 4.67. The van der Waals surface area contributed by atoms with Gasteiger partial charge in [-0.25, -0.2) is 4.98 Å². The average Bonchev–Trinajstić information content (AvgIpc) is 2.72. The molecule has 0 saturated carbocycles. The van der Waals surface area contributed by atoms with Crippen molar-refractivity contribution in [2.75, 3.05) is 13.2 Å². The zero-order valence-corrected chi connectivity index (χ0v) is 8.59. The lowest BCUT2D eigenvalue weighted by Gasteiger charge is -2.27. The SMILES string of the molecule is O=C(CCCO)N1CCn2ccnc2C1. The van der Waals surface area contributed by atoms with E-state index in [4.69, 9.17) is 5.11 Å². The van der Waals surface area contributed by atoms with Crippen molar-refractivity contribution in [1.82, 2.24) is 14.5 Å². The topological polar surface area (TPSA) is 58.4 Å². The molecule has 1 amide bonds. The molecule has 5 heteroatoms. The first-order valence-corrected chi connectivity index (χ1v) is 5.20. The molecule has 0 aromatic carbocycles. The van der Waals surface area contributed by atoms with E-state index in [1.54, 1.807) is 11.1 Å². The summed E-state index contributed by atoms with van der Waals surface area (Å²) in [5, 5.41) is 8.65. The maximum absolute atomic E-state index is 11.7. The van der Waals surface area contributed by atoms with Crippen LogP contribution in [0.5, 0.6) is 0 Å². The Bertz CT molecular complexity index is 348. The number of rotatable bonds is 3. The number of hydrogen-bond acceptors (Lipinski definition) is 3. The van der Waals surface area contributed by atoms with E-state index in [1.165, 1.54) is 0 Å². The van der Waals surface area contributed by atoms with E-state index < -0.39 is 0 Å². The summed E-state index contributed by atoms with van der Waals surface area (Å²) in [4.78, 5) is 17.7. The fourth-order valence-electron chi connectivity index (χ4n) is 1.77. The van der Waals surface area contributed by atoms with Gasteiger partial charge in [-0.15, -0.1) is 0 Å². The van der Waals surface area contributed by atoms with Gasteiger partial charge in [0.25, 0.3) is 0 Å². The summed E-state index contributed by atoms with van der Waals surface area (Å²) in [6.45, 7) is 2.24. The molecule has 82 valence electrons. The Hall–Kier alpha value is -1.36. The smallest absolute Gasteiger partial charge is 0.223 e. The lowest BCUT2D eigenvalue weighted by Crippen LogP contribution is -2.38. The molecule has 1 N–H and O–H groups in total. The second-order valence-corrected chi connectivity index (χ2v) is 3.68. The summed E-state index contributed by atoms with van der Waals surface area (Å²) >= 11 is 0. The van der Waals surface area contributed by atoms with Crippen LogP contribution in [0.1, 0.15) is 18.7 Å². The van der Waals surface area contributed by atoms with E-state index in [1.807, 2.05) is 6.20 Å². The molecule has 2 heterocycles. The summed E-state index contributed by atoms with van der Waals surface area (Å²) in [7, 11) is 0. The van der Waals surface area contributed by atoms with Gasteiger partial charge >= 0.3 is 0 Å². The lowest BCUT2D eigenvalue weighted by molar-refractivity contribution is -0.133. The second kappa shape index (κ2) is 4.44. The van der Waals surface area contributed by atoms with Gasteiger partial charge in [-0.2, -0.15) is 0 Å². The van der Waals surface area contributed by atoms with Crippen LogP contribution in [0, 0.1) is 0 Å². The van der Waals surface area contributed by atoms with Gasteiger partial charge in [0.15, 0.2) is 0 Å². The first-order chi connectivity index (χ1) is 7.31. The van der Waals surface area contributed by atoms with Crippen molar-refractivity contribution < 1.29 is 9.90 Å². The lowest BCUT2D eigenvalue weighted by atomic mass is 10.2. The Morgan fingerprint density at radius 2 is 2.40 bits per heavy atom. The van der Waals surface area contributed by atoms with Crippen molar-refractivity contribution in [2.45, 2.75) is 25.9 Å². The minimum Gasteiger partial charge on any atom is -0.396 e. The number of imidazole rings is 1. The van der Waals surface area contributed by atoms with Crippen molar-refractivity contribution >= 4 is 5.91 Å². The van der Waals surface area contributed by atoms with Gasteiger partial charge in [-0.1, -0.05) is 0 Å². The molecule has 0 fully saturated rings. The molecule has 0 radical (unpaired) electrons. The summed E-state index contributed by atoms with van der Waals surface area (Å²) < 4.78 is 2.07. The molecule has 1 aliphatic rings. The molecule has 1 aromatic heterocycles. The second-order valence-electron chi connectivity index (χ2n) is 3.68. The van der Waals surface area contributed by atoms with Crippen LogP contribution in [-0.4, -0.2) is 38.6 Å². The minimum atomic E-state index is 0.0776. The van der Waals surface area contributed by atoms with E-state index in [2.05, 4.69) is 9.55 Å². The number of carbonyl (C=O) groups excluding carboxylic acids is 1. The molecule has 1 aliphatic heterocycles. The number of aliphatic hydroxyl groups is 1. The molecule has 0 unspecified atom stereocenters. The van der Waals surface area contributed by atoms with Gasteiger partial charge in [0, 0.05) is 38.5 Å². The van der Waals surface area contributed by atoms with Crippen LogP contribution in [-0.2, 0) is 17.9 Å². The van der Waals surface area contributed by atoms with Crippen molar-refractivity contribution in [1.29, 1.82) is 0 Å². The third kappa shape index (κ3) is 2.18. The maximum Gasteiger partial charge on any atom is 0.223 e. The first-order valence-electron chi connectivity index (χ1n) is 5.20. The van der Waals surface area contributed by atoms with Crippen molar-refractivity contribution in [3.63, 3.8) is 0 Å². The fraction of sp³-hybridized carbons (Fsp3) is 0.600. The predicted octanol–water partition coefficient (Wildman–Crippen LogP) is -0.00220. The third-order valence-corrected chi connectivity index (χ3v) is 2.65. The summed E-state index contributed by atoms with van der Waals surface area (Å²) in [5.74, 6) is 1.05. The van der Waals surface area contributed by atoms with Gasteiger partial charge in [0.1, 0.15) is 5.82 Å². The summed E-state index contributed by atoms with van der Waals surface area (Å²) in [6, 6.07) is 0. The molecule has 0 aliphatic carbocycles. The fourth-order valence-corrected chi connectivity index (χ4v) is 1.77. The van der Waals surface area contributed by atoms with Crippen LogP contribution < -0.4 is 0 Å². The van der Waals surface area contributed by atoms with Gasteiger partial charge < -0.3 is 14.6 Å². The Balaban J connectivity index is 1.94. The molecule has 0 saturated heterocycles. The molecule has 0 spiro atoms. The first kappa shape index (κ1) is 10.2. The van der Waals surface area contributed by atoms with Crippen LogP contribution in [0.15, 0.2) is 12.4 Å². The maximum atomic E-state index is 11.7. The Morgan fingerprint density at radius 1 is 1.53 bits per heavy atom. The van der Waals surface area contributed by atoms with Crippen molar-refractivity contribution in [3.8, 4) is 0 Å². The quantitative estimate of drug-likeness (QED) is 0.762. The Labute approximate surface area is 88.3 Å². The number of fused-ring (bicyclic) bond motifs is 1. The molecule has 1 aromatic rings. The molecule has 5 nitrogen and oxygen atoms in total. The van der Waals surface area contributed by atoms with E-state index in [0.717, 1.165) is 18.9 Å². The zero-order chi connectivity index (χ0) is 10.7. The van der Waals surface area contributed by atoms with E-state index in [9.17, 15) is 4.79 Å². The van der Waals surface area contributed by atoms with Gasteiger partial charge in [-0.3, -0.25) is 4.79 Å². The van der Waals surface area contributed by atoms with Crippen molar-refractivity contribution in [3.05, 3.63) is 18.2 Å². The average molecular weight is 209 g/mol. The normalized spacial score (nSPS) is 15.1. The molecule has 0 atom stereocenters. The molecule has 0 bridgehead atoms. The Kier molecular flexibility index (Phi) is 3.01. The van der Waals surface area contributed by atoms with E-state index >= 15 is 0 Å². The largest absolute Gasteiger partial charge is 0.396 e. The van der Waals surface area contributed by atoms with Gasteiger partial charge in [0.2, 0.25) is 5.91 Å². The highest BCUT2D eigenvalue weighted by molar-refractivity contribution is 5.76. The number of aromatic nitrogens is 2. The number of nitrogens with zero attached hydrogens (tertiary/aromatic N) is 3. The van der Waals surface area contributed by atoms with E-state index in [0.29, 0.717) is 19.4 Å². The monoisotopic (exact) mass is 209 g/mol. The van der Waals surface area contributed by atoms with Crippen molar-refractivity contribution in [2.24, 2.45) is 0 Å². The van der Waals surface area contributed by atoms with Crippen LogP contribution in [0.25, 0.3) is 0 Å². The number of hydrogen-bond donors (Lipinski definition) is 1. The Morgan fingerprint density at radius 3 is 3.20 bits per heavy atom. The standard InChI is InChI=1S/C10H15N3O2/c14-7-1-2-10(15)13-6-5-12-4-3-11-9(12)8-13/h3-4,14H,1-2,5-8H2. The van der Waals surface area contributed by atoms with Crippen LogP contribution in [0.3, 0.4) is 0 Å². The van der Waals surface area contributed by atoms with Gasteiger partial charge in [-0.05, 0) is 6.42 Å². The molecular weight excluding hydrogens is 194 g/mol. The van der Waals surface area contributed by atoms with Crippen LogP contribution in [0.2, 0.25) is 0 Å². The molecule has 15 heavy (non-hydrogen) atoms. The number of amides is 1. The third-order valence-electron chi connectivity index (χ3n) is 2.65. The molecular formula is C10H15N3O2. The highest BCUT2D eigenvalue weighted by Gasteiger charge is 2.20. The van der Waals surface area contributed by atoms with Crippen LogP contribution in [0.4, 0.5) is 0 Å². The highest BCUT2D eigenvalue weighted by atomic mass is 16.3. The van der Waals surface area contributed by atoms with E-state index in [-0.39, 0.29) is 12.5 Å². The zero-order valence-electron chi connectivity index (χ0n) is 8.59. The molecule has 2 rings (SSSR count). The number of carbonyl (C=O) groups is 1. The summed E-state index contributed by atoms with van der Waals surface area (Å²) in [5.41, 5.74) is 0. The van der Waals surface area contributed by atoms with Gasteiger partial charge in [0.05, 0.1) is 6.54 Å². The predicted molar refractivity (Wildman–Crippen MR) is 54.0 cm³/mol.